The van der Waals surface area contributed by atoms with Crippen molar-refractivity contribution in [1.29, 1.82) is 0 Å². The van der Waals surface area contributed by atoms with Crippen LogP contribution in [0.5, 0.6) is 0 Å². The molecule has 2 unspecified atom stereocenters. The van der Waals surface area contributed by atoms with Gasteiger partial charge in [-0.2, -0.15) is 0 Å². The van der Waals surface area contributed by atoms with Crippen molar-refractivity contribution in [2.45, 2.75) is 130 Å². The number of carboxylic acid groups (broad SMARTS) is 1. The van der Waals surface area contributed by atoms with Crippen LogP contribution in [0.15, 0.2) is 0 Å². The molecule has 0 aliphatic heterocycles. The molecule has 2 atom stereocenters. The standard InChI is InChI=1S/C23H46O2/c1-5-8-11-13-14-15-17-21(4)20-23(22(24)25,18-10-7-3)19-16-12-9-6-2/h21H,5-20H2,1-4H3,(H,24,25). The first-order chi connectivity index (χ1) is 12.0. The average molecular weight is 355 g/mol. The van der Waals surface area contributed by atoms with Crippen molar-refractivity contribution in [1.82, 2.24) is 0 Å². The van der Waals surface area contributed by atoms with Crippen LogP contribution in [0, 0.1) is 11.3 Å². The second-order valence-corrected chi connectivity index (χ2v) is 8.37. The molecule has 0 aromatic carbocycles. The van der Waals surface area contributed by atoms with Gasteiger partial charge in [-0.15, -0.1) is 0 Å². The average Bonchev–Trinajstić information content (AvgIpc) is 2.59. The Morgan fingerprint density at radius 3 is 1.80 bits per heavy atom. The number of hydrogen-bond donors (Lipinski definition) is 1. The summed E-state index contributed by atoms with van der Waals surface area (Å²) in [5.41, 5.74) is -0.467. The second kappa shape index (κ2) is 15.7. The summed E-state index contributed by atoms with van der Waals surface area (Å²) in [5.74, 6) is -0.00227. The molecule has 0 aliphatic rings. The van der Waals surface area contributed by atoms with Crippen molar-refractivity contribution in [3.63, 3.8) is 0 Å². The predicted molar refractivity (Wildman–Crippen MR) is 110 cm³/mol. The van der Waals surface area contributed by atoms with Crippen LogP contribution in [-0.2, 0) is 4.79 Å². The van der Waals surface area contributed by atoms with E-state index in [-0.39, 0.29) is 0 Å². The van der Waals surface area contributed by atoms with E-state index >= 15 is 0 Å². The molecule has 0 aromatic heterocycles. The summed E-state index contributed by atoms with van der Waals surface area (Å²) >= 11 is 0. The molecule has 1 N–H and O–H groups in total. The van der Waals surface area contributed by atoms with E-state index in [0.29, 0.717) is 5.92 Å². The van der Waals surface area contributed by atoms with Crippen molar-refractivity contribution >= 4 is 5.97 Å². The molecule has 0 amide bonds. The smallest absolute Gasteiger partial charge is 0.309 e. The van der Waals surface area contributed by atoms with E-state index in [1.165, 1.54) is 64.2 Å². The Morgan fingerprint density at radius 2 is 1.24 bits per heavy atom. The lowest BCUT2D eigenvalue weighted by atomic mass is 9.71. The molecule has 0 aliphatic carbocycles. The number of hydrogen-bond acceptors (Lipinski definition) is 1. The lowest BCUT2D eigenvalue weighted by molar-refractivity contribution is -0.151. The number of rotatable bonds is 18. The van der Waals surface area contributed by atoms with Gasteiger partial charge < -0.3 is 5.11 Å². The third-order valence-corrected chi connectivity index (χ3v) is 5.76. The van der Waals surface area contributed by atoms with Gasteiger partial charge in [0.2, 0.25) is 0 Å². The van der Waals surface area contributed by atoms with E-state index in [2.05, 4.69) is 27.7 Å². The molecular weight excluding hydrogens is 308 g/mol. The molecule has 2 heteroatoms. The summed E-state index contributed by atoms with van der Waals surface area (Å²) in [7, 11) is 0. The molecule has 0 saturated carbocycles. The fraction of sp³-hybridized carbons (Fsp3) is 0.957. The van der Waals surface area contributed by atoms with Gasteiger partial charge in [0, 0.05) is 0 Å². The molecular formula is C23H46O2. The molecule has 0 aromatic rings. The van der Waals surface area contributed by atoms with Crippen molar-refractivity contribution in [3.8, 4) is 0 Å². The Kier molecular flexibility index (Phi) is 15.4. The van der Waals surface area contributed by atoms with Crippen molar-refractivity contribution in [3.05, 3.63) is 0 Å². The molecule has 0 bridgehead atoms. The minimum atomic E-state index is -0.535. The fourth-order valence-corrected chi connectivity index (χ4v) is 4.08. The maximum absolute atomic E-state index is 12.2. The Labute approximate surface area is 158 Å². The number of aliphatic carboxylic acids is 1. The summed E-state index contributed by atoms with van der Waals surface area (Å²) in [6, 6.07) is 0. The van der Waals surface area contributed by atoms with Gasteiger partial charge in [-0.1, -0.05) is 111 Å². The Hall–Kier alpha value is -0.530. The highest BCUT2D eigenvalue weighted by Crippen LogP contribution is 2.39. The maximum Gasteiger partial charge on any atom is 0.309 e. The van der Waals surface area contributed by atoms with Gasteiger partial charge in [0.1, 0.15) is 0 Å². The van der Waals surface area contributed by atoms with E-state index < -0.39 is 11.4 Å². The lowest BCUT2D eigenvalue weighted by Crippen LogP contribution is -2.33. The summed E-state index contributed by atoms with van der Waals surface area (Å²) in [6.07, 6.45) is 18.6. The highest BCUT2D eigenvalue weighted by molar-refractivity contribution is 5.74. The predicted octanol–water partition coefficient (Wildman–Crippen LogP) is 7.99. The van der Waals surface area contributed by atoms with E-state index in [0.717, 1.165) is 38.5 Å². The number of carboxylic acids is 1. The molecule has 0 fully saturated rings. The highest BCUT2D eigenvalue weighted by atomic mass is 16.4. The van der Waals surface area contributed by atoms with E-state index in [4.69, 9.17) is 0 Å². The van der Waals surface area contributed by atoms with Gasteiger partial charge in [0.05, 0.1) is 5.41 Å². The third kappa shape index (κ3) is 11.7. The van der Waals surface area contributed by atoms with Crippen LogP contribution in [0.4, 0.5) is 0 Å². The van der Waals surface area contributed by atoms with Crippen LogP contribution < -0.4 is 0 Å². The molecule has 0 spiro atoms. The molecule has 25 heavy (non-hydrogen) atoms. The summed E-state index contributed by atoms with van der Waals surface area (Å²) in [5, 5.41) is 10.0. The van der Waals surface area contributed by atoms with E-state index in [9.17, 15) is 9.90 Å². The van der Waals surface area contributed by atoms with Gasteiger partial charge in [-0.3, -0.25) is 4.79 Å². The van der Waals surface area contributed by atoms with E-state index in [1.807, 2.05) is 0 Å². The fourth-order valence-electron chi connectivity index (χ4n) is 4.08. The normalized spacial score (nSPS) is 15.0. The third-order valence-electron chi connectivity index (χ3n) is 5.76. The number of carbonyl (C=O) groups is 1. The van der Waals surface area contributed by atoms with Crippen LogP contribution in [0.25, 0.3) is 0 Å². The van der Waals surface area contributed by atoms with Gasteiger partial charge in [0.15, 0.2) is 0 Å². The highest BCUT2D eigenvalue weighted by Gasteiger charge is 2.38. The van der Waals surface area contributed by atoms with Crippen LogP contribution in [-0.4, -0.2) is 11.1 Å². The molecule has 0 radical (unpaired) electrons. The van der Waals surface area contributed by atoms with Crippen molar-refractivity contribution in [2.75, 3.05) is 0 Å². The van der Waals surface area contributed by atoms with E-state index in [1.54, 1.807) is 0 Å². The minimum Gasteiger partial charge on any atom is -0.481 e. The number of unbranched alkanes of at least 4 members (excludes halogenated alkanes) is 9. The molecule has 150 valence electrons. The first-order valence-electron chi connectivity index (χ1n) is 11.3. The zero-order valence-electron chi connectivity index (χ0n) is 17.7. The Morgan fingerprint density at radius 1 is 0.760 bits per heavy atom. The lowest BCUT2D eigenvalue weighted by Gasteiger charge is -2.32. The Balaban J connectivity index is 4.48. The van der Waals surface area contributed by atoms with Gasteiger partial charge in [-0.25, -0.2) is 0 Å². The molecule has 0 saturated heterocycles. The topological polar surface area (TPSA) is 37.3 Å². The van der Waals surface area contributed by atoms with Crippen molar-refractivity contribution < 1.29 is 9.90 Å². The van der Waals surface area contributed by atoms with Gasteiger partial charge in [-0.05, 0) is 25.2 Å². The SMILES string of the molecule is CCCCCCCCC(C)CC(CCCC)(CCCCCC)C(=O)O. The largest absolute Gasteiger partial charge is 0.481 e. The summed E-state index contributed by atoms with van der Waals surface area (Å²) in [4.78, 5) is 12.2. The zero-order chi connectivity index (χ0) is 19.0. The quantitative estimate of drug-likeness (QED) is 0.253. The molecule has 2 nitrogen and oxygen atoms in total. The maximum atomic E-state index is 12.2. The van der Waals surface area contributed by atoms with Crippen LogP contribution >= 0.6 is 0 Å². The molecule has 0 rings (SSSR count). The van der Waals surface area contributed by atoms with Crippen LogP contribution in [0.1, 0.15) is 130 Å². The van der Waals surface area contributed by atoms with Gasteiger partial charge >= 0.3 is 5.97 Å². The van der Waals surface area contributed by atoms with Crippen LogP contribution in [0.3, 0.4) is 0 Å². The summed E-state index contributed by atoms with van der Waals surface area (Å²) < 4.78 is 0. The van der Waals surface area contributed by atoms with Crippen LogP contribution in [0.2, 0.25) is 0 Å². The monoisotopic (exact) mass is 354 g/mol. The minimum absolute atomic E-state index is 0.467. The molecule has 0 heterocycles. The first kappa shape index (κ1) is 24.5. The Bertz CT molecular complexity index is 313. The van der Waals surface area contributed by atoms with Crippen molar-refractivity contribution in [2.24, 2.45) is 11.3 Å². The first-order valence-corrected chi connectivity index (χ1v) is 11.3. The second-order valence-electron chi connectivity index (χ2n) is 8.37. The van der Waals surface area contributed by atoms with Gasteiger partial charge in [0.25, 0.3) is 0 Å². The zero-order valence-corrected chi connectivity index (χ0v) is 17.7. The summed E-state index contributed by atoms with van der Waals surface area (Å²) in [6.45, 7) is 8.92.